The van der Waals surface area contributed by atoms with Crippen LogP contribution in [0.4, 0.5) is 46.5 Å². The lowest BCUT2D eigenvalue weighted by atomic mass is 9.92. The number of nitrogens with zero attached hydrogens (tertiary/aromatic N) is 3. The van der Waals surface area contributed by atoms with Crippen molar-refractivity contribution in [2.24, 2.45) is 0 Å². The minimum absolute atomic E-state index is 0.134. The van der Waals surface area contributed by atoms with Crippen LogP contribution in [0.5, 0.6) is 0 Å². The van der Waals surface area contributed by atoms with Crippen LogP contribution in [-0.2, 0) is 5.67 Å². The Morgan fingerprint density at radius 2 is 1.49 bits per heavy atom. The molecule has 0 unspecified atom stereocenters. The van der Waals surface area contributed by atoms with Gasteiger partial charge in [0.05, 0.1) is 22.5 Å². The van der Waals surface area contributed by atoms with Crippen LogP contribution in [0.25, 0.3) is 0 Å². The summed E-state index contributed by atoms with van der Waals surface area (Å²) in [5, 5.41) is 0. The molecule has 2 amide bonds. The van der Waals surface area contributed by atoms with E-state index in [1.54, 1.807) is 0 Å². The number of rotatable bonds is 5. The van der Waals surface area contributed by atoms with Gasteiger partial charge in [0.15, 0.2) is 5.82 Å². The molecule has 5 nitrogen and oxygen atoms in total. The van der Waals surface area contributed by atoms with Crippen molar-refractivity contribution in [2.45, 2.75) is 24.9 Å². The monoisotopic (exact) mass is 623 g/mol. The van der Waals surface area contributed by atoms with E-state index in [0.717, 1.165) is 29.8 Å². The van der Waals surface area contributed by atoms with Gasteiger partial charge < -0.3 is 9.80 Å². The molecule has 2 aromatic carbocycles. The molecule has 0 aliphatic rings. The van der Waals surface area contributed by atoms with Gasteiger partial charge in [0, 0.05) is 36.5 Å². The molecule has 0 saturated heterocycles. The number of aryl methyl sites for hydroxylation is 1. The first kappa shape index (κ1) is 30.0. The summed E-state index contributed by atoms with van der Waals surface area (Å²) < 4.78 is 109. The molecule has 1 heterocycles. The minimum Gasteiger partial charge on any atom is -0.310 e. The molecule has 0 atom stereocenters. The van der Waals surface area contributed by atoms with Gasteiger partial charge in [0.2, 0.25) is 0 Å². The molecule has 0 fully saturated rings. The number of carbonyl (C=O) groups excluding carboxylic acids is 2. The topological polar surface area (TPSA) is 53.5 Å². The zero-order valence-electron chi connectivity index (χ0n) is 20.3. The number of benzene rings is 2. The lowest BCUT2D eigenvalue weighted by Crippen LogP contribution is -2.50. The number of alkyl halides is 7. The maximum absolute atomic E-state index is 15.4. The summed E-state index contributed by atoms with van der Waals surface area (Å²) in [7, 11) is 2.36. The normalized spacial score (nSPS) is 12.3. The van der Waals surface area contributed by atoms with Crippen LogP contribution in [0.1, 0.15) is 31.8 Å². The zero-order valence-corrected chi connectivity index (χ0v) is 21.8. The maximum atomic E-state index is 15.4. The Hall–Kier alpha value is -3.55. The lowest BCUT2D eigenvalue weighted by Gasteiger charge is -2.31. The molecule has 0 bridgehead atoms. The van der Waals surface area contributed by atoms with E-state index in [4.69, 9.17) is 0 Å². The second-order valence-electron chi connectivity index (χ2n) is 8.39. The third kappa shape index (κ3) is 5.34. The van der Waals surface area contributed by atoms with Crippen LogP contribution in [0.2, 0.25) is 0 Å². The van der Waals surface area contributed by atoms with Gasteiger partial charge in [0.25, 0.3) is 11.8 Å². The third-order valence-corrected chi connectivity index (χ3v) is 6.46. The third-order valence-electron chi connectivity index (χ3n) is 5.86. The SMILES string of the molecule is Cc1cc(C(F)(C(F)(F)F)C(F)(F)F)cc(Br)c1N(C)C(=O)c1cccc(N(C)C(=O)c2cccnc2)c1F. The van der Waals surface area contributed by atoms with Crippen LogP contribution in [0, 0.1) is 12.7 Å². The van der Waals surface area contributed by atoms with Crippen LogP contribution in [0.3, 0.4) is 0 Å². The van der Waals surface area contributed by atoms with Gasteiger partial charge in [-0.2, -0.15) is 26.3 Å². The van der Waals surface area contributed by atoms with Crippen molar-refractivity contribution in [3.05, 3.63) is 87.4 Å². The van der Waals surface area contributed by atoms with Gasteiger partial charge in [-0.1, -0.05) is 12.1 Å². The summed E-state index contributed by atoms with van der Waals surface area (Å²) in [6.45, 7) is 1.06. The highest BCUT2D eigenvalue weighted by atomic mass is 79.9. The minimum atomic E-state index is -6.33. The highest BCUT2D eigenvalue weighted by Gasteiger charge is 2.73. The average molecular weight is 624 g/mol. The predicted octanol–water partition coefficient (Wildman–Crippen LogP) is 7.13. The summed E-state index contributed by atoms with van der Waals surface area (Å²) in [6, 6.07) is 7.11. The Balaban J connectivity index is 2.02. The van der Waals surface area contributed by atoms with Gasteiger partial charge in [-0.15, -0.1) is 0 Å². The molecule has 208 valence electrons. The van der Waals surface area contributed by atoms with Crippen molar-refractivity contribution in [2.75, 3.05) is 23.9 Å². The van der Waals surface area contributed by atoms with E-state index in [-0.39, 0.29) is 28.6 Å². The van der Waals surface area contributed by atoms with Crippen LogP contribution in [0.15, 0.2) is 59.3 Å². The van der Waals surface area contributed by atoms with Crippen molar-refractivity contribution in [1.29, 1.82) is 0 Å². The first-order chi connectivity index (χ1) is 17.9. The number of hydrogen-bond acceptors (Lipinski definition) is 3. The molecular formula is C25H18BrF8N3O2. The maximum Gasteiger partial charge on any atom is 0.435 e. The summed E-state index contributed by atoms with van der Waals surface area (Å²) in [5.74, 6) is -2.80. The number of halogens is 9. The summed E-state index contributed by atoms with van der Waals surface area (Å²) in [6.07, 6.45) is -9.97. The molecule has 39 heavy (non-hydrogen) atoms. The highest BCUT2D eigenvalue weighted by molar-refractivity contribution is 9.10. The Bertz CT molecular complexity index is 1370. The van der Waals surface area contributed by atoms with Crippen LogP contribution >= 0.6 is 15.9 Å². The molecule has 0 aliphatic carbocycles. The quantitative estimate of drug-likeness (QED) is 0.284. The summed E-state index contributed by atoms with van der Waals surface area (Å²) in [4.78, 5) is 31.4. The Morgan fingerprint density at radius 3 is 2.00 bits per heavy atom. The molecule has 0 saturated carbocycles. The average Bonchev–Trinajstić information content (AvgIpc) is 2.85. The first-order valence-corrected chi connectivity index (χ1v) is 11.6. The van der Waals surface area contributed by atoms with Gasteiger partial charge in [0.1, 0.15) is 0 Å². The molecule has 1 aromatic heterocycles. The Labute approximate surface area is 225 Å². The van der Waals surface area contributed by atoms with Crippen molar-refractivity contribution in [3.63, 3.8) is 0 Å². The molecule has 3 aromatic rings. The van der Waals surface area contributed by atoms with Crippen molar-refractivity contribution >= 4 is 39.1 Å². The fraction of sp³-hybridized carbons (Fsp3) is 0.240. The number of anilines is 2. The smallest absolute Gasteiger partial charge is 0.310 e. The van der Waals surface area contributed by atoms with Crippen LogP contribution < -0.4 is 9.80 Å². The number of carbonyl (C=O) groups is 2. The van der Waals surface area contributed by atoms with E-state index in [1.165, 1.54) is 43.7 Å². The second-order valence-corrected chi connectivity index (χ2v) is 9.24. The molecule has 0 spiro atoms. The number of aromatic nitrogens is 1. The lowest BCUT2D eigenvalue weighted by molar-refractivity contribution is -0.348. The summed E-state index contributed by atoms with van der Waals surface area (Å²) in [5.41, 5.74) is -8.71. The number of amides is 2. The van der Waals surface area contributed by atoms with E-state index >= 15 is 4.39 Å². The van der Waals surface area contributed by atoms with E-state index < -0.39 is 51.3 Å². The van der Waals surface area contributed by atoms with Gasteiger partial charge in [-0.25, -0.2) is 8.78 Å². The molecular weight excluding hydrogens is 606 g/mol. The standard InChI is InChI=1S/C25H18BrF8N3O2/c1-13-10-15(23(28,24(29,30)31)25(32,33)34)11-17(26)20(13)37(3)22(39)16-7-4-8-18(19(16)27)36(2)21(38)14-6-5-9-35-12-14/h4-12H,1-3H3. The molecule has 0 aliphatic heterocycles. The zero-order chi connectivity index (χ0) is 29.5. The van der Waals surface area contributed by atoms with Crippen molar-refractivity contribution in [1.82, 2.24) is 4.98 Å². The van der Waals surface area contributed by atoms with E-state index in [2.05, 4.69) is 20.9 Å². The first-order valence-electron chi connectivity index (χ1n) is 10.8. The second kappa shape index (κ2) is 10.5. The Kier molecular flexibility index (Phi) is 8.11. The molecule has 3 rings (SSSR count). The van der Waals surface area contributed by atoms with Gasteiger partial charge in [-0.3, -0.25) is 14.6 Å². The van der Waals surface area contributed by atoms with Gasteiger partial charge >= 0.3 is 18.0 Å². The molecule has 0 radical (unpaired) electrons. The highest BCUT2D eigenvalue weighted by Crippen LogP contribution is 2.54. The number of hydrogen-bond donors (Lipinski definition) is 0. The van der Waals surface area contributed by atoms with Crippen molar-refractivity contribution < 1.29 is 44.7 Å². The van der Waals surface area contributed by atoms with E-state index in [9.17, 15) is 40.3 Å². The predicted molar refractivity (Wildman–Crippen MR) is 130 cm³/mol. The molecule has 0 N–H and O–H groups in total. The van der Waals surface area contributed by atoms with Crippen LogP contribution in [-0.4, -0.2) is 43.2 Å². The van der Waals surface area contributed by atoms with Gasteiger partial charge in [-0.05, 0) is 58.7 Å². The van der Waals surface area contributed by atoms with Crippen molar-refractivity contribution in [3.8, 4) is 0 Å². The Morgan fingerprint density at radius 1 is 0.872 bits per heavy atom. The van der Waals surface area contributed by atoms with E-state index in [0.29, 0.717) is 6.07 Å². The number of pyridine rings is 1. The molecule has 14 heteroatoms. The van der Waals surface area contributed by atoms with E-state index in [1.807, 2.05) is 0 Å². The fourth-order valence-corrected chi connectivity index (χ4v) is 4.69. The fourth-order valence-electron chi connectivity index (χ4n) is 3.87. The summed E-state index contributed by atoms with van der Waals surface area (Å²) >= 11 is 2.82. The largest absolute Gasteiger partial charge is 0.435 e.